The highest BCUT2D eigenvalue weighted by molar-refractivity contribution is 6.01. The van der Waals surface area contributed by atoms with Crippen molar-refractivity contribution < 1.29 is 102 Å². The van der Waals surface area contributed by atoms with Gasteiger partial charge in [-0.05, 0) is 88.4 Å². The average molecular weight is 1420 g/mol. The lowest BCUT2D eigenvalue weighted by atomic mass is 9.98. The lowest BCUT2D eigenvalue weighted by Gasteiger charge is -2.28. The molecular weight excluding hydrogens is 1320 g/mol. The topological polar surface area (TPSA) is 705 Å². The van der Waals surface area contributed by atoms with Gasteiger partial charge in [-0.25, -0.2) is 4.79 Å². The molecule has 556 valence electrons. The van der Waals surface area contributed by atoms with Crippen molar-refractivity contribution in [3.8, 4) is 0 Å². The standard InChI is InChI=1S/C60H95N19O21/c1-3-29(2)48(59(99)100)79-57(97)41(26-47(87)88)77-51(91)34(14-7-9-21-62)71-58(98)42(28-80)78-54(94)38(23-30-27-69-33-13-5-4-11-31(30)33)74-53(93)37(17-19-45(83)84)73-55(95)39(24-44(65)82)75-56(96)40(25-46(85)86)76-52(92)36(16-18-43(64)81)72-50(90)35(15-10-22-68-60(66)67)70-49(89)32(63)12-6-8-20-61/h4-5,11,13,27,29,32,34-42,48,69,80H,3,6-10,12,14-26,28,61-63H2,1-2H3,(H2,64,81)(H2,65,82)(H,70,89)(H,71,98)(H,72,90)(H,73,95)(H,74,93)(H,75,96)(H,76,92)(H,77,91)(H,78,94)(H,79,97)(H,83,84)(H,85,86)(H,87,88)(H,99,100)(H4,66,67,68). The number of H-pyrrole nitrogens is 1. The summed E-state index contributed by atoms with van der Waals surface area (Å²) in [4.78, 5) is 219. The third-order valence-corrected chi connectivity index (χ3v) is 15.4. The molecule has 0 spiro atoms. The maximum atomic E-state index is 14.5. The zero-order chi connectivity index (χ0) is 75.3. The highest BCUT2D eigenvalue weighted by Gasteiger charge is 2.38. The number of aliphatic imine (C=N–C) groups is 1. The fourth-order valence-corrected chi connectivity index (χ4v) is 9.76. The van der Waals surface area contributed by atoms with Crippen LogP contribution >= 0.6 is 0 Å². The van der Waals surface area contributed by atoms with Gasteiger partial charge < -0.3 is 124 Å². The number of benzene rings is 1. The molecule has 12 unspecified atom stereocenters. The van der Waals surface area contributed by atoms with Crippen molar-refractivity contribution in [2.24, 2.45) is 51.0 Å². The Hall–Kier alpha value is -10.6. The Morgan fingerprint density at radius 2 is 0.880 bits per heavy atom. The number of fused-ring (bicyclic) bond motifs is 1. The van der Waals surface area contributed by atoms with E-state index in [-0.39, 0.29) is 64.0 Å². The second kappa shape index (κ2) is 44.3. The van der Waals surface area contributed by atoms with Crippen molar-refractivity contribution in [1.29, 1.82) is 0 Å². The van der Waals surface area contributed by atoms with E-state index in [2.05, 4.69) is 63.1 Å². The van der Waals surface area contributed by atoms with Crippen molar-refractivity contribution in [1.82, 2.24) is 58.2 Å². The van der Waals surface area contributed by atoms with Crippen molar-refractivity contribution in [2.75, 3.05) is 26.2 Å². The number of hydrogen-bond acceptors (Lipinski definition) is 21. The number of carboxylic acids is 4. The van der Waals surface area contributed by atoms with Crippen LogP contribution in [0, 0.1) is 5.92 Å². The van der Waals surface area contributed by atoms with E-state index in [1.807, 2.05) is 0 Å². The van der Waals surface area contributed by atoms with E-state index in [4.69, 9.17) is 40.1 Å². The highest BCUT2D eigenvalue weighted by Crippen LogP contribution is 2.20. The smallest absolute Gasteiger partial charge is 0.326 e. The minimum atomic E-state index is -2.20. The summed E-state index contributed by atoms with van der Waals surface area (Å²) in [6, 6.07) is -13.1. The summed E-state index contributed by atoms with van der Waals surface area (Å²) in [5, 5.41) is 72.8. The van der Waals surface area contributed by atoms with Crippen LogP contribution in [-0.4, -0.2) is 224 Å². The maximum Gasteiger partial charge on any atom is 0.326 e. The molecule has 100 heavy (non-hydrogen) atoms. The van der Waals surface area contributed by atoms with E-state index < -0.39 is 225 Å². The van der Waals surface area contributed by atoms with Gasteiger partial charge in [0.05, 0.1) is 31.9 Å². The van der Waals surface area contributed by atoms with Crippen molar-refractivity contribution >= 4 is 112 Å². The predicted molar refractivity (Wildman–Crippen MR) is 353 cm³/mol. The number of aromatic amines is 1. The summed E-state index contributed by atoms with van der Waals surface area (Å²) in [5.41, 5.74) is 39.8. The fraction of sp³-hybridized carbons (Fsp3) is 0.583. The Bertz CT molecular complexity index is 3220. The molecule has 0 saturated heterocycles. The number of carbonyl (C=O) groups is 16. The molecule has 2 aromatic rings. The van der Waals surface area contributed by atoms with E-state index in [0.29, 0.717) is 35.9 Å². The molecule has 12 amide bonds. The van der Waals surface area contributed by atoms with Gasteiger partial charge in [-0.15, -0.1) is 0 Å². The number of aliphatic carboxylic acids is 4. The largest absolute Gasteiger partial charge is 0.481 e. The second-order valence-corrected chi connectivity index (χ2v) is 23.4. The van der Waals surface area contributed by atoms with E-state index in [1.54, 1.807) is 31.2 Å². The Labute approximate surface area is 573 Å². The first-order valence-corrected chi connectivity index (χ1v) is 32.0. The number of hydrogen-bond donors (Lipinski definition) is 23. The Balaban J connectivity index is 2.60. The van der Waals surface area contributed by atoms with Crippen LogP contribution in [0.25, 0.3) is 10.9 Å². The Morgan fingerprint density at radius 3 is 1.34 bits per heavy atom. The quantitative estimate of drug-likeness (QED) is 0.0166. The summed E-state index contributed by atoms with van der Waals surface area (Å²) < 4.78 is 0. The fourth-order valence-electron chi connectivity index (χ4n) is 9.76. The van der Waals surface area contributed by atoms with Crippen molar-refractivity contribution in [3.63, 3.8) is 0 Å². The van der Waals surface area contributed by atoms with Crippen LogP contribution in [0.3, 0.4) is 0 Å². The summed E-state index contributed by atoms with van der Waals surface area (Å²) in [7, 11) is 0. The van der Waals surface area contributed by atoms with Crippen LogP contribution in [0.4, 0.5) is 0 Å². The number of nitrogens with two attached hydrogens (primary N) is 7. The van der Waals surface area contributed by atoms with Crippen LogP contribution < -0.4 is 93.3 Å². The molecule has 0 radical (unpaired) electrons. The summed E-state index contributed by atoms with van der Waals surface area (Å²) in [5.74, 6) is -21.9. The number of para-hydroxylation sites is 1. The third kappa shape index (κ3) is 31.3. The first-order chi connectivity index (χ1) is 47.2. The molecule has 1 aromatic carbocycles. The monoisotopic (exact) mass is 1420 g/mol. The summed E-state index contributed by atoms with van der Waals surface area (Å²) >= 11 is 0. The number of rotatable bonds is 50. The molecular formula is C60H95N19O21. The molecule has 2 rings (SSSR count). The van der Waals surface area contributed by atoms with Crippen LogP contribution in [0.5, 0.6) is 0 Å². The molecule has 1 aromatic heterocycles. The van der Waals surface area contributed by atoms with E-state index in [9.17, 15) is 102 Å². The molecule has 40 nitrogen and oxygen atoms in total. The van der Waals surface area contributed by atoms with Crippen LogP contribution in [0.1, 0.15) is 122 Å². The van der Waals surface area contributed by atoms with Crippen LogP contribution in [0.2, 0.25) is 0 Å². The molecule has 1 heterocycles. The van der Waals surface area contributed by atoms with Gasteiger partial charge in [-0.3, -0.25) is 76.9 Å². The first-order valence-electron chi connectivity index (χ1n) is 32.0. The number of guanidine groups is 1. The molecule has 0 aliphatic rings. The van der Waals surface area contributed by atoms with Gasteiger partial charge >= 0.3 is 23.9 Å². The number of carboxylic acid groups (broad SMARTS) is 4. The van der Waals surface area contributed by atoms with Crippen molar-refractivity contribution in [3.05, 3.63) is 36.0 Å². The lowest BCUT2D eigenvalue weighted by molar-refractivity contribution is -0.145. The minimum absolute atomic E-state index is 0.0319. The van der Waals surface area contributed by atoms with Crippen LogP contribution in [0.15, 0.2) is 35.5 Å². The number of aliphatic hydroxyl groups is 1. The number of nitrogens with one attached hydrogen (secondary N) is 11. The number of unbranched alkanes of at least 4 members (excludes halogenated alkanes) is 2. The van der Waals surface area contributed by atoms with Crippen LogP contribution in [-0.2, 0) is 83.1 Å². The number of nitrogens with zero attached hydrogens (tertiary/aromatic N) is 1. The normalized spacial score (nSPS) is 14.6. The van der Waals surface area contributed by atoms with E-state index in [0.717, 1.165) is 0 Å². The van der Waals surface area contributed by atoms with Gasteiger partial charge in [-0.2, -0.15) is 0 Å². The molecule has 40 heteroatoms. The van der Waals surface area contributed by atoms with Gasteiger partial charge in [0.2, 0.25) is 70.9 Å². The number of amides is 12. The molecule has 30 N–H and O–H groups in total. The van der Waals surface area contributed by atoms with Crippen molar-refractivity contribution in [2.45, 2.75) is 189 Å². The van der Waals surface area contributed by atoms with Gasteiger partial charge in [-0.1, -0.05) is 44.9 Å². The van der Waals surface area contributed by atoms with Gasteiger partial charge in [0.25, 0.3) is 0 Å². The first kappa shape index (κ1) is 85.5. The third-order valence-electron chi connectivity index (χ3n) is 15.4. The van der Waals surface area contributed by atoms with E-state index >= 15 is 0 Å². The van der Waals surface area contributed by atoms with Gasteiger partial charge in [0, 0.05) is 42.9 Å². The number of aliphatic hydroxyl groups excluding tert-OH is 1. The second-order valence-electron chi connectivity index (χ2n) is 23.4. The lowest BCUT2D eigenvalue weighted by Crippen LogP contribution is -2.61. The summed E-state index contributed by atoms with van der Waals surface area (Å²) in [6.45, 7) is 2.32. The summed E-state index contributed by atoms with van der Waals surface area (Å²) in [6.07, 6.45) is -3.87. The Morgan fingerprint density at radius 1 is 0.470 bits per heavy atom. The van der Waals surface area contributed by atoms with Gasteiger partial charge in [0.1, 0.15) is 60.4 Å². The molecule has 0 fully saturated rings. The molecule has 0 bridgehead atoms. The molecule has 12 atom stereocenters. The maximum absolute atomic E-state index is 14.5. The number of primary amides is 2. The number of aromatic nitrogens is 1. The SMILES string of the molecule is CCC(C)C(NC(=O)C(CC(=O)O)NC(=O)C(CCCCN)NC(=O)C(CO)NC(=O)C(Cc1c[nH]c2ccccc12)NC(=O)C(CCC(=O)O)NC(=O)C(CC(N)=O)NC(=O)C(CC(=O)O)NC(=O)C(CCC(N)=O)NC(=O)C(CCCN=C(N)N)NC(=O)C(N)CCCCN)C(=O)O. The minimum Gasteiger partial charge on any atom is -0.481 e. The van der Waals surface area contributed by atoms with Gasteiger partial charge in [0.15, 0.2) is 5.96 Å². The average Bonchev–Trinajstić information content (AvgIpc) is 1.64. The zero-order valence-corrected chi connectivity index (χ0v) is 55.4. The highest BCUT2D eigenvalue weighted by atomic mass is 16.4. The number of carbonyl (C=O) groups excluding carboxylic acids is 12. The molecule has 0 aliphatic carbocycles. The molecule has 0 aliphatic heterocycles. The Kier molecular flexibility index (Phi) is 37.9. The van der Waals surface area contributed by atoms with E-state index in [1.165, 1.54) is 13.1 Å². The zero-order valence-electron chi connectivity index (χ0n) is 55.4. The molecule has 0 saturated carbocycles. The predicted octanol–water partition coefficient (Wildman–Crippen LogP) is -7.72.